The van der Waals surface area contributed by atoms with Crippen molar-refractivity contribution in [2.45, 2.75) is 11.3 Å². The zero-order valence-corrected chi connectivity index (χ0v) is 13.2. The van der Waals surface area contributed by atoms with Crippen LogP contribution in [0.1, 0.15) is 11.1 Å². The van der Waals surface area contributed by atoms with Crippen LogP contribution < -0.4 is 4.31 Å². The fourth-order valence-corrected chi connectivity index (χ4v) is 4.00. The van der Waals surface area contributed by atoms with Crippen LogP contribution >= 0.6 is 0 Å². The quantitative estimate of drug-likeness (QED) is 0.855. The Labute approximate surface area is 137 Å². The summed E-state index contributed by atoms with van der Waals surface area (Å²) in [5, 5.41) is 8.64. The van der Waals surface area contributed by atoms with Crippen LogP contribution in [-0.4, -0.2) is 31.0 Å². The molecule has 2 heterocycles. The summed E-state index contributed by atoms with van der Waals surface area (Å²) in [5.41, 5.74) is 1.27. The van der Waals surface area contributed by atoms with Gasteiger partial charge in [-0.2, -0.15) is 0 Å². The van der Waals surface area contributed by atoms with Crippen LogP contribution in [0.25, 0.3) is 6.08 Å². The van der Waals surface area contributed by atoms with Gasteiger partial charge in [0.05, 0.1) is 4.90 Å². The van der Waals surface area contributed by atoms with Crippen LogP contribution in [0.2, 0.25) is 0 Å². The lowest BCUT2D eigenvalue weighted by atomic mass is 10.1. The number of aromatic nitrogens is 1. The molecule has 124 valence electrons. The number of sulfonamides is 1. The van der Waals surface area contributed by atoms with E-state index in [0.717, 1.165) is 16.4 Å². The molecule has 0 saturated heterocycles. The number of carboxylic acids is 1. The van der Waals surface area contributed by atoms with E-state index in [9.17, 15) is 17.6 Å². The summed E-state index contributed by atoms with van der Waals surface area (Å²) in [7, 11) is -3.89. The minimum Gasteiger partial charge on any atom is -0.478 e. The monoisotopic (exact) mass is 348 g/mol. The molecule has 1 aromatic heterocycles. The molecule has 0 fully saturated rings. The van der Waals surface area contributed by atoms with Gasteiger partial charge in [-0.1, -0.05) is 6.07 Å². The van der Waals surface area contributed by atoms with E-state index >= 15 is 0 Å². The Hall–Kier alpha value is -2.74. The van der Waals surface area contributed by atoms with Gasteiger partial charge < -0.3 is 5.11 Å². The number of halogens is 1. The van der Waals surface area contributed by atoms with Gasteiger partial charge in [0.2, 0.25) is 0 Å². The van der Waals surface area contributed by atoms with E-state index in [1.165, 1.54) is 30.5 Å². The molecular weight excluding hydrogens is 335 g/mol. The largest absolute Gasteiger partial charge is 0.478 e. The number of benzene rings is 1. The Morgan fingerprint density at radius 3 is 2.83 bits per heavy atom. The van der Waals surface area contributed by atoms with Gasteiger partial charge in [0.1, 0.15) is 11.6 Å². The van der Waals surface area contributed by atoms with Crippen LogP contribution in [0, 0.1) is 5.82 Å². The molecule has 0 spiro atoms. The summed E-state index contributed by atoms with van der Waals surface area (Å²) in [6.45, 7) is 0.202. The smallest absolute Gasteiger partial charge is 0.328 e. The Kier molecular flexibility index (Phi) is 4.06. The van der Waals surface area contributed by atoms with E-state index in [0.29, 0.717) is 17.5 Å². The van der Waals surface area contributed by atoms with Gasteiger partial charge >= 0.3 is 5.97 Å². The Morgan fingerprint density at radius 1 is 1.33 bits per heavy atom. The van der Waals surface area contributed by atoms with E-state index in [1.54, 1.807) is 6.07 Å². The summed E-state index contributed by atoms with van der Waals surface area (Å²) in [5.74, 6) is -1.42. The first kappa shape index (κ1) is 16.1. The number of nitrogens with zero attached hydrogens (tertiary/aromatic N) is 2. The molecule has 1 aliphatic heterocycles. The first-order valence-electron chi connectivity index (χ1n) is 7.06. The number of hydrogen-bond donors (Lipinski definition) is 1. The third kappa shape index (κ3) is 3.00. The zero-order chi connectivity index (χ0) is 17.3. The van der Waals surface area contributed by atoms with Gasteiger partial charge in [0, 0.05) is 18.8 Å². The van der Waals surface area contributed by atoms with Crippen LogP contribution in [0.4, 0.5) is 10.2 Å². The van der Waals surface area contributed by atoms with Gasteiger partial charge in [-0.25, -0.2) is 26.9 Å². The Morgan fingerprint density at radius 2 is 2.12 bits per heavy atom. The molecule has 0 amide bonds. The van der Waals surface area contributed by atoms with Crippen LogP contribution in [0.5, 0.6) is 0 Å². The average molecular weight is 348 g/mol. The molecule has 1 aromatic carbocycles. The van der Waals surface area contributed by atoms with E-state index in [4.69, 9.17) is 5.11 Å². The maximum atomic E-state index is 13.3. The van der Waals surface area contributed by atoms with Crippen molar-refractivity contribution in [3.8, 4) is 0 Å². The van der Waals surface area contributed by atoms with Crippen LogP contribution in [-0.2, 0) is 21.2 Å². The van der Waals surface area contributed by atoms with Crippen molar-refractivity contribution in [2.75, 3.05) is 10.8 Å². The topological polar surface area (TPSA) is 87.6 Å². The van der Waals surface area contributed by atoms with Gasteiger partial charge in [0.25, 0.3) is 10.0 Å². The second-order valence-electron chi connectivity index (χ2n) is 5.21. The lowest BCUT2D eigenvalue weighted by molar-refractivity contribution is -0.131. The predicted octanol–water partition coefficient (Wildman–Crippen LogP) is 2.07. The van der Waals surface area contributed by atoms with Crippen molar-refractivity contribution >= 4 is 27.9 Å². The minimum absolute atomic E-state index is 0.132. The van der Waals surface area contributed by atoms with E-state index in [2.05, 4.69) is 4.98 Å². The average Bonchev–Trinajstić information content (AvgIpc) is 2.96. The molecule has 0 aliphatic carbocycles. The summed E-state index contributed by atoms with van der Waals surface area (Å²) >= 11 is 0. The van der Waals surface area contributed by atoms with Crippen molar-refractivity contribution in [3.05, 3.63) is 59.5 Å². The molecule has 0 saturated carbocycles. The van der Waals surface area contributed by atoms with Gasteiger partial charge in [-0.05, 0) is 47.9 Å². The number of fused-ring (bicyclic) bond motifs is 1. The molecule has 1 N–H and O–H groups in total. The standard InChI is InChI=1S/C16H13FN2O4S/c17-13-2-1-3-14(9-13)24(22,23)19-7-6-12-8-11(4-5-15(20)21)10-18-16(12)19/h1-5,8-10H,6-7H2,(H,20,21). The molecule has 8 heteroatoms. The van der Waals surface area contributed by atoms with Gasteiger partial charge in [0.15, 0.2) is 0 Å². The second-order valence-corrected chi connectivity index (χ2v) is 7.07. The van der Waals surface area contributed by atoms with Crippen LogP contribution in [0.3, 0.4) is 0 Å². The molecule has 0 radical (unpaired) electrons. The molecule has 0 atom stereocenters. The third-order valence-corrected chi connectivity index (χ3v) is 5.37. The Balaban J connectivity index is 1.96. The molecular formula is C16H13FN2O4S. The van der Waals surface area contributed by atoms with Crippen molar-refractivity contribution < 1.29 is 22.7 Å². The SMILES string of the molecule is O=C(O)C=Cc1cnc2c(c1)CCN2S(=O)(=O)c1cccc(F)c1. The molecule has 2 aromatic rings. The number of carbonyl (C=O) groups is 1. The molecule has 6 nitrogen and oxygen atoms in total. The maximum Gasteiger partial charge on any atom is 0.328 e. The number of carboxylic acid groups (broad SMARTS) is 1. The van der Waals surface area contributed by atoms with E-state index in [1.807, 2.05) is 0 Å². The van der Waals surface area contributed by atoms with Gasteiger partial charge in [-0.15, -0.1) is 0 Å². The summed E-state index contributed by atoms with van der Waals surface area (Å²) < 4.78 is 39.8. The lowest BCUT2D eigenvalue weighted by Gasteiger charge is -2.18. The van der Waals surface area contributed by atoms with E-state index in [-0.39, 0.29) is 17.3 Å². The highest BCUT2D eigenvalue weighted by Crippen LogP contribution is 2.31. The molecule has 1 aliphatic rings. The summed E-state index contributed by atoms with van der Waals surface area (Å²) in [4.78, 5) is 14.6. The second kappa shape index (κ2) is 6.04. The number of pyridine rings is 1. The number of hydrogen-bond acceptors (Lipinski definition) is 4. The molecule has 3 rings (SSSR count). The number of anilines is 1. The highest BCUT2D eigenvalue weighted by molar-refractivity contribution is 7.92. The first-order valence-corrected chi connectivity index (χ1v) is 8.50. The fourth-order valence-electron chi connectivity index (χ4n) is 2.51. The van der Waals surface area contributed by atoms with Crippen LogP contribution in [0.15, 0.2) is 47.5 Å². The Bertz CT molecular complexity index is 941. The zero-order valence-electron chi connectivity index (χ0n) is 12.4. The summed E-state index contributed by atoms with van der Waals surface area (Å²) in [6, 6.07) is 6.52. The minimum atomic E-state index is -3.89. The fraction of sp³-hybridized carbons (Fsp3) is 0.125. The highest BCUT2D eigenvalue weighted by Gasteiger charge is 2.32. The highest BCUT2D eigenvalue weighted by atomic mass is 32.2. The number of rotatable bonds is 4. The van der Waals surface area contributed by atoms with Crippen molar-refractivity contribution in [2.24, 2.45) is 0 Å². The van der Waals surface area contributed by atoms with Crippen molar-refractivity contribution in [1.29, 1.82) is 0 Å². The number of aliphatic carboxylic acids is 1. The van der Waals surface area contributed by atoms with Crippen molar-refractivity contribution in [3.63, 3.8) is 0 Å². The predicted molar refractivity (Wildman–Crippen MR) is 85.5 cm³/mol. The molecule has 24 heavy (non-hydrogen) atoms. The molecule has 0 bridgehead atoms. The lowest BCUT2D eigenvalue weighted by Crippen LogP contribution is -2.29. The molecule has 0 unspecified atom stereocenters. The van der Waals surface area contributed by atoms with Crippen molar-refractivity contribution in [1.82, 2.24) is 4.98 Å². The maximum absolute atomic E-state index is 13.3. The summed E-state index contributed by atoms with van der Waals surface area (Å²) in [6.07, 6.45) is 4.22. The first-order chi connectivity index (χ1) is 11.4. The third-order valence-electron chi connectivity index (χ3n) is 3.59. The normalized spacial score (nSPS) is 14.1. The van der Waals surface area contributed by atoms with Gasteiger partial charge in [-0.3, -0.25) is 0 Å². The van der Waals surface area contributed by atoms with E-state index < -0.39 is 21.8 Å².